The van der Waals surface area contributed by atoms with Gasteiger partial charge >= 0.3 is 12.0 Å². The minimum Gasteiger partial charge on any atom is -0.476 e. The van der Waals surface area contributed by atoms with Crippen LogP contribution in [-0.2, 0) is 18.3 Å². The maximum absolute atomic E-state index is 13.6. The molecule has 1 aromatic carbocycles. The van der Waals surface area contributed by atoms with E-state index in [-0.39, 0.29) is 41.2 Å². The molecule has 0 saturated heterocycles. The SMILES string of the molecule is Cc1oc([C@@H](Cc2cn(C)c3ccccc23)NC(=O)C(CC(C)C)NC(=O)NC2CCCC2)nc1C(=O)O. The highest BCUT2D eigenvalue weighted by atomic mass is 16.4. The van der Waals surface area contributed by atoms with Crippen LogP contribution in [0.3, 0.4) is 0 Å². The van der Waals surface area contributed by atoms with Crippen LogP contribution in [0.2, 0.25) is 0 Å². The molecule has 0 aliphatic heterocycles. The number of hydrogen-bond donors (Lipinski definition) is 4. The van der Waals surface area contributed by atoms with Crippen LogP contribution in [0.4, 0.5) is 4.79 Å². The van der Waals surface area contributed by atoms with E-state index in [9.17, 15) is 19.5 Å². The van der Waals surface area contributed by atoms with Gasteiger partial charge in [-0.3, -0.25) is 4.79 Å². The van der Waals surface area contributed by atoms with Gasteiger partial charge in [0, 0.05) is 36.6 Å². The number of carboxylic acid groups (broad SMARTS) is 1. The number of amides is 3. The predicted octanol–water partition coefficient (Wildman–Crippen LogP) is 4.23. The molecule has 0 spiro atoms. The van der Waals surface area contributed by atoms with Crippen LogP contribution in [0.15, 0.2) is 34.9 Å². The van der Waals surface area contributed by atoms with E-state index in [1.165, 1.54) is 6.92 Å². The van der Waals surface area contributed by atoms with Gasteiger partial charge in [-0.2, -0.15) is 0 Å². The second kappa shape index (κ2) is 11.7. The second-order valence-electron chi connectivity index (χ2n) is 10.6. The summed E-state index contributed by atoms with van der Waals surface area (Å²) in [6.45, 7) is 5.51. The number of aromatic carboxylic acids is 1. The van der Waals surface area contributed by atoms with E-state index in [4.69, 9.17) is 4.42 Å². The summed E-state index contributed by atoms with van der Waals surface area (Å²) in [7, 11) is 1.95. The molecule has 2 heterocycles. The molecule has 1 saturated carbocycles. The third kappa shape index (κ3) is 6.35. The lowest BCUT2D eigenvalue weighted by molar-refractivity contribution is -0.124. The summed E-state index contributed by atoms with van der Waals surface area (Å²) in [4.78, 5) is 42.1. The zero-order valence-electron chi connectivity index (χ0n) is 22.4. The van der Waals surface area contributed by atoms with Gasteiger partial charge in [0.05, 0.1) is 0 Å². The fraction of sp³-hybridized carbons (Fsp3) is 0.500. The number of rotatable bonds is 10. The Hall–Kier alpha value is -3.82. The van der Waals surface area contributed by atoms with E-state index in [2.05, 4.69) is 20.9 Å². The molecular formula is C28H37N5O5. The Bertz CT molecular complexity index is 1300. The molecule has 4 rings (SSSR count). The van der Waals surface area contributed by atoms with E-state index in [1.807, 2.05) is 55.9 Å². The predicted molar refractivity (Wildman–Crippen MR) is 143 cm³/mol. The Morgan fingerprint density at radius 1 is 1.16 bits per heavy atom. The first-order chi connectivity index (χ1) is 18.1. The van der Waals surface area contributed by atoms with Crippen molar-refractivity contribution in [2.24, 2.45) is 13.0 Å². The third-order valence-electron chi connectivity index (χ3n) is 7.05. The zero-order chi connectivity index (χ0) is 27.4. The first kappa shape index (κ1) is 27.2. The number of nitrogens with zero attached hydrogens (tertiary/aromatic N) is 2. The minimum absolute atomic E-state index is 0.111. The highest BCUT2D eigenvalue weighted by Gasteiger charge is 2.30. The lowest BCUT2D eigenvalue weighted by atomic mass is 10.0. The van der Waals surface area contributed by atoms with Crippen molar-refractivity contribution in [3.63, 3.8) is 0 Å². The van der Waals surface area contributed by atoms with Crippen molar-refractivity contribution < 1.29 is 23.9 Å². The van der Waals surface area contributed by atoms with Crippen LogP contribution < -0.4 is 16.0 Å². The molecule has 3 amide bonds. The normalized spacial score (nSPS) is 15.5. The van der Waals surface area contributed by atoms with Crippen molar-refractivity contribution in [1.82, 2.24) is 25.5 Å². The number of nitrogens with one attached hydrogen (secondary N) is 3. The molecule has 2 atom stereocenters. The van der Waals surface area contributed by atoms with E-state index in [1.54, 1.807) is 0 Å². The van der Waals surface area contributed by atoms with Gasteiger partial charge in [0.1, 0.15) is 17.8 Å². The van der Waals surface area contributed by atoms with Gasteiger partial charge < -0.3 is 30.0 Å². The fourth-order valence-electron chi connectivity index (χ4n) is 5.20. The number of para-hydroxylation sites is 1. The van der Waals surface area contributed by atoms with E-state index < -0.39 is 18.1 Å². The maximum Gasteiger partial charge on any atom is 0.358 e. The Morgan fingerprint density at radius 2 is 1.87 bits per heavy atom. The average Bonchev–Trinajstić information content (AvgIpc) is 3.58. The summed E-state index contributed by atoms with van der Waals surface area (Å²) < 4.78 is 7.75. The van der Waals surface area contributed by atoms with Crippen molar-refractivity contribution >= 4 is 28.8 Å². The van der Waals surface area contributed by atoms with Gasteiger partial charge in [-0.15, -0.1) is 0 Å². The number of benzene rings is 1. The molecule has 0 bridgehead atoms. The number of oxazole rings is 1. The van der Waals surface area contributed by atoms with E-state index >= 15 is 0 Å². The van der Waals surface area contributed by atoms with Gasteiger partial charge in [0.2, 0.25) is 11.8 Å². The molecular weight excluding hydrogens is 486 g/mol. The number of carbonyl (C=O) groups is 3. The molecule has 10 heteroatoms. The average molecular weight is 524 g/mol. The molecule has 10 nitrogen and oxygen atoms in total. The van der Waals surface area contributed by atoms with Crippen LogP contribution >= 0.6 is 0 Å². The van der Waals surface area contributed by atoms with Gasteiger partial charge in [-0.05, 0) is 43.7 Å². The van der Waals surface area contributed by atoms with Gasteiger partial charge in [-0.25, -0.2) is 14.6 Å². The molecule has 1 unspecified atom stereocenters. The quantitative estimate of drug-likeness (QED) is 0.314. The van der Waals surface area contributed by atoms with Crippen LogP contribution in [0.25, 0.3) is 10.9 Å². The highest BCUT2D eigenvalue weighted by molar-refractivity contribution is 5.88. The van der Waals surface area contributed by atoms with Crippen LogP contribution in [0.5, 0.6) is 0 Å². The molecule has 204 valence electrons. The number of carbonyl (C=O) groups excluding carboxylic acids is 2. The summed E-state index contributed by atoms with van der Waals surface area (Å²) in [5.74, 6) is -1.15. The number of fused-ring (bicyclic) bond motifs is 1. The van der Waals surface area contributed by atoms with Gasteiger partial charge in [-0.1, -0.05) is 44.9 Å². The van der Waals surface area contributed by atoms with Gasteiger partial charge in [0.15, 0.2) is 5.69 Å². The third-order valence-corrected chi connectivity index (χ3v) is 7.05. The van der Waals surface area contributed by atoms with Gasteiger partial charge in [0.25, 0.3) is 0 Å². The molecule has 38 heavy (non-hydrogen) atoms. The number of aromatic nitrogens is 2. The molecule has 4 N–H and O–H groups in total. The summed E-state index contributed by atoms with van der Waals surface area (Å²) in [5, 5.41) is 19.4. The number of urea groups is 1. The topological polar surface area (TPSA) is 138 Å². The van der Waals surface area contributed by atoms with Crippen LogP contribution in [0, 0.1) is 12.8 Å². The second-order valence-corrected chi connectivity index (χ2v) is 10.6. The molecule has 1 fully saturated rings. The molecule has 1 aliphatic rings. The first-order valence-electron chi connectivity index (χ1n) is 13.2. The Balaban J connectivity index is 1.60. The maximum atomic E-state index is 13.6. The zero-order valence-corrected chi connectivity index (χ0v) is 22.4. The number of aryl methyl sites for hydroxylation is 2. The van der Waals surface area contributed by atoms with Crippen molar-refractivity contribution in [1.29, 1.82) is 0 Å². The Kier molecular flexibility index (Phi) is 8.38. The van der Waals surface area contributed by atoms with Crippen LogP contribution in [0.1, 0.15) is 79.7 Å². The van der Waals surface area contributed by atoms with Crippen molar-refractivity contribution in [2.75, 3.05) is 0 Å². The van der Waals surface area contributed by atoms with Crippen molar-refractivity contribution in [3.8, 4) is 0 Å². The smallest absolute Gasteiger partial charge is 0.358 e. The Morgan fingerprint density at radius 3 is 2.53 bits per heavy atom. The van der Waals surface area contributed by atoms with E-state index in [0.717, 1.165) is 42.1 Å². The lowest BCUT2D eigenvalue weighted by Crippen LogP contribution is -2.52. The standard InChI is InChI=1S/C28H37N5O5/c1-16(2)13-21(31-28(37)29-19-9-5-6-10-19)25(34)30-22(26-32-24(27(35)36)17(3)38-26)14-18-15-33(4)23-12-8-7-11-20(18)23/h7-8,11-12,15-16,19,21-22H,5-6,9-10,13-14H2,1-4H3,(H,30,34)(H,35,36)(H2,29,31,37)/t21?,22-/m1/s1. The summed E-state index contributed by atoms with van der Waals surface area (Å²) in [5.41, 5.74) is 1.80. The number of hydrogen-bond acceptors (Lipinski definition) is 5. The van der Waals surface area contributed by atoms with E-state index in [0.29, 0.717) is 12.8 Å². The minimum atomic E-state index is -1.20. The first-order valence-corrected chi connectivity index (χ1v) is 13.2. The monoisotopic (exact) mass is 523 g/mol. The van der Waals surface area contributed by atoms with Crippen molar-refractivity contribution in [3.05, 3.63) is 53.4 Å². The number of carboxylic acids is 1. The largest absolute Gasteiger partial charge is 0.476 e. The molecule has 3 aromatic rings. The van der Waals surface area contributed by atoms with Crippen molar-refractivity contribution in [2.45, 2.75) is 77.4 Å². The lowest BCUT2D eigenvalue weighted by Gasteiger charge is -2.24. The molecule has 0 radical (unpaired) electrons. The Labute approximate surface area is 222 Å². The summed E-state index contributed by atoms with van der Waals surface area (Å²) in [6, 6.07) is 6.17. The summed E-state index contributed by atoms with van der Waals surface area (Å²) >= 11 is 0. The molecule has 2 aromatic heterocycles. The molecule has 1 aliphatic carbocycles. The fourth-order valence-corrected chi connectivity index (χ4v) is 5.20. The summed E-state index contributed by atoms with van der Waals surface area (Å²) in [6.07, 6.45) is 6.81. The highest BCUT2D eigenvalue weighted by Crippen LogP contribution is 2.27. The van der Waals surface area contributed by atoms with Crippen LogP contribution in [-0.4, -0.2) is 44.6 Å².